The van der Waals surface area contributed by atoms with Crippen molar-refractivity contribution in [3.63, 3.8) is 0 Å². The van der Waals surface area contributed by atoms with Crippen LogP contribution in [-0.2, 0) is 0 Å². The van der Waals surface area contributed by atoms with Crippen LogP contribution in [0.4, 0.5) is 5.69 Å². The van der Waals surface area contributed by atoms with Crippen molar-refractivity contribution >= 4 is 17.6 Å². The number of carbonyl (C=O) groups excluding carboxylic acids is 1. The van der Waals surface area contributed by atoms with Crippen molar-refractivity contribution < 1.29 is 28.6 Å². The van der Waals surface area contributed by atoms with Crippen LogP contribution >= 0.6 is 0 Å². The predicted molar refractivity (Wildman–Crippen MR) is 88.8 cm³/mol. The van der Waals surface area contributed by atoms with Crippen LogP contribution in [0.15, 0.2) is 57.8 Å². The Morgan fingerprint density at radius 1 is 1.19 bits per heavy atom. The summed E-state index contributed by atoms with van der Waals surface area (Å²) in [5.74, 6) is -1.27. The molecule has 0 aliphatic carbocycles. The maximum absolute atomic E-state index is 12.5. The van der Waals surface area contributed by atoms with Crippen molar-refractivity contribution in [2.45, 2.75) is 0 Å². The van der Waals surface area contributed by atoms with Crippen molar-refractivity contribution in [3.05, 3.63) is 70.2 Å². The summed E-state index contributed by atoms with van der Waals surface area (Å²) in [5, 5.41) is 13.9. The fourth-order valence-corrected chi connectivity index (χ4v) is 2.30. The zero-order valence-corrected chi connectivity index (χ0v) is 13.6. The largest absolute Gasteiger partial charge is 0.497 e. The van der Waals surface area contributed by atoms with Gasteiger partial charge in [0.25, 0.3) is 0 Å². The molecule has 0 bridgehead atoms. The number of ether oxygens (including phenoxy) is 1. The number of methoxy groups -OCH3 is 1. The minimum atomic E-state index is -1.13. The SMILES string of the molecule is COc1ccc(-[n+]2[nH]oc(=O)c2C(=O)Nc2cccc(C(=O)O)c2)cc1. The van der Waals surface area contributed by atoms with Gasteiger partial charge in [-0.25, -0.2) is 9.59 Å². The summed E-state index contributed by atoms with van der Waals surface area (Å²) in [7, 11) is 1.52. The molecule has 2 aromatic carbocycles. The Bertz CT molecular complexity index is 1020. The third kappa shape index (κ3) is 3.31. The molecular formula is C17H14N3O6+. The van der Waals surface area contributed by atoms with Gasteiger partial charge in [-0.2, -0.15) is 0 Å². The lowest BCUT2D eigenvalue weighted by atomic mass is 10.2. The second-order valence-electron chi connectivity index (χ2n) is 5.20. The molecule has 0 saturated heterocycles. The molecule has 3 rings (SSSR count). The molecule has 9 heteroatoms. The first-order valence-electron chi connectivity index (χ1n) is 7.42. The molecule has 0 unspecified atom stereocenters. The lowest BCUT2D eigenvalue weighted by Gasteiger charge is -2.03. The van der Waals surface area contributed by atoms with Crippen molar-refractivity contribution in [2.75, 3.05) is 12.4 Å². The van der Waals surface area contributed by atoms with Gasteiger partial charge in [0.1, 0.15) is 5.75 Å². The van der Waals surface area contributed by atoms with Crippen LogP contribution in [0.5, 0.6) is 5.75 Å². The van der Waals surface area contributed by atoms with E-state index in [0.717, 1.165) is 0 Å². The number of carbonyl (C=O) groups is 2. The standard InChI is InChI=1S/C17H13N3O6/c1-25-13-7-5-12(6-8-13)20-14(17(24)26-19-20)15(21)18-11-4-2-3-10(9-11)16(22)23/h2-9H,1H3,(H2-,18,19,21,22,23,24)/p+1. The van der Waals surface area contributed by atoms with Crippen LogP contribution in [0.25, 0.3) is 5.69 Å². The van der Waals surface area contributed by atoms with Crippen molar-refractivity contribution in [1.29, 1.82) is 0 Å². The molecule has 0 radical (unpaired) electrons. The van der Waals surface area contributed by atoms with E-state index in [0.29, 0.717) is 11.4 Å². The van der Waals surface area contributed by atoms with E-state index >= 15 is 0 Å². The normalized spacial score (nSPS) is 10.3. The second-order valence-corrected chi connectivity index (χ2v) is 5.20. The van der Waals surface area contributed by atoms with Crippen LogP contribution < -0.4 is 20.4 Å². The summed E-state index contributed by atoms with van der Waals surface area (Å²) in [6, 6.07) is 12.2. The van der Waals surface area contributed by atoms with E-state index in [9.17, 15) is 14.4 Å². The van der Waals surface area contributed by atoms with Gasteiger partial charge < -0.3 is 15.2 Å². The van der Waals surface area contributed by atoms with Gasteiger partial charge in [0.2, 0.25) is 5.69 Å². The number of rotatable bonds is 5. The molecule has 132 valence electrons. The van der Waals surface area contributed by atoms with Gasteiger partial charge >= 0.3 is 23.2 Å². The van der Waals surface area contributed by atoms with Gasteiger partial charge in [-0.3, -0.25) is 9.32 Å². The molecule has 1 aromatic heterocycles. The minimum Gasteiger partial charge on any atom is -0.497 e. The van der Waals surface area contributed by atoms with Gasteiger partial charge in [0.05, 0.1) is 12.7 Å². The third-order valence-electron chi connectivity index (χ3n) is 3.56. The Hall–Kier alpha value is -3.88. The zero-order chi connectivity index (χ0) is 18.7. The third-order valence-corrected chi connectivity index (χ3v) is 3.56. The Labute approximate surface area is 146 Å². The van der Waals surface area contributed by atoms with E-state index in [-0.39, 0.29) is 16.9 Å². The average Bonchev–Trinajstić information content (AvgIpc) is 3.03. The molecule has 9 nitrogen and oxygen atoms in total. The molecule has 0 fully saturated rings. The molecular weight excluding hydrogens is 342 g/mol. The van der Waals surface area contributed by atoms with Gasteiger partial charge in [0.15, 0.2) is 0 Å². The number of hydrogen-bond acceptors (Lipinski definition) is 5. The monoisotopic (exact) mass is 356 g/mol. The number of aromatic amines is 1. The summed E-state index contributed by atoms with van der Waals surface area (Å²) in [4.78, 5) is 35.5. The lowest BCUT2D eigenvalue weighted by Crippen LogP contribution is -2.42. The molecule has 0 atom stereocenters. The van der Waals surface area contributed by atoms with Crippen molar-refractivity contribution in [3.8, 4) is 11.4 Å². The molecule has 1 amide bonds. The molecule has 3 N–H and O–H groups in total. The van der Waals surface area contributed by atoms with Crippen molar-refractivity contribution in [2.24, 2.45) is 0 Å². The average molecular weight is 356 g/mol. The van der Waals surface area contributed by atoms with E-state index in [4.69, 9.17) is 14.4 Å². The summed E-state index contributed by atoms with van der Waals surface area (Å²) in [5.41, 5.74) is -0.451. The van der Waals surface area contributed by atoms with Gasteiger partial charge in [-0.1, -0.05) is 6.07 Å². The number of nitrogens with zero attached hydrogens (tertiary/aromatic N) is 1. The summed E-state index contributed by atoms with van der Waals surface area (Å²) < 4.78 is 11.0. The van der Waals surface area contributed by atoms with Gasteiger partial charge in [0, 0.05) is 17.8 Å². The fraction of sp³-hybridized carbons (Fsp3) is 0.0588. The first kappa shape index (κ1) is 17.0. The van der Waals surface area contributed by atoms with E-state index in [1.54, 1.807) is 24.3 Å². The molecule has 0 spiro atoms. The fourth-order valence-electron chi connectivity index (χ4n) is 2.30. The zero-order valence-electron chi connectivity index (χ0n) is 13.6. The number of H-pyrrole nitrogens is 1. The number of benzene rings is 2. The summed E-state index contributed by atoms with van der Waals surface area (Å²) in [6.07, 6.45) is 0. The Kier molecular flexibility index (Phi) is 4.52. The quantitative estimate of drug-likeness (QED) is 0.590. The lowest BCUT2D eigenvalue weighted by molar-refractivity contribution is -0.672. The number of aromatic carboxylic acids is 1. The summed E-state index contributed by atoms with van der Waals surface area (Å²) in [6.45, 7) is 0. The molecule has 0 aliphatic heterocycles. The van der Waals surface area contributed by atoms with Crippen LogP contribution in [0.1, 0.15) is 20.8 Å². The highest BCUT2D eigenvalue weighted by Gasteiger charge is 2.31. The Balaban J connectivity index is 1.93. The maximum atomic E-state index is 12.5. The minimum absolute atomic E-state index is 0.00642. The predicted octanol–water partition coefficient (Wildman–Crippen LogP) is 1.20. The highest BCUT2D eigenvalue weighted by atomic mass is 16.5. The number of carboxylic acid groups (broad SMARTS) is 1. The molecule has 3 aromatic rings. The topological polar surface area (TPSA) is 126 Å². The Morgan fingerprint density at radius 2 is 1.92 bits per heavy atom. The van der Waals surface area contributed by atoms with Gasteiger partial charge in [-0.15, -0.1) is 0 Å². The van der Waals surface area contributed by atoms with E-state index in [1.807, 2.05) is 0 Å². The van der Waals surface area contributed by atoms with Crippen molar-refractivity contribution in [1.82, 2.24) is 5.27 Å². The summed E-state index contributed by atoms with van der Waals surface area (Å²) >= 11 is 0. The van der Waals surface area contributed by atoms with Crippen LogP contribution in [0.2, 0.25) is 0 Å². The first-order chi connectivity index (χ1) is 12.5. The highest BCUT2D eigenvalue weighted by molar-refractivity contribution is 6.02. The number of hydrogen-bond donors (Lipinski definition) is 3. The van der Waals surface area contributed by atoms with Crippen LogP contribution in [-0.4, -0.2) is 29.4 Å². The number of aromatic nitrogens is 2. The van der Waals surface area contributed by atoms with E-state index in [1.165, 1.54) is 36.1 Å². The maximum Gasteiger partial charge on any atom is 0.441 e. The number of nitrogens with one attached hydrogen (secondary N) is 2. The molecule has 0 aliphatic rings. The molecule has 26 heavy (non-hydrogen) atoms. The number of carboxylic acids is 1. The second kappa shape index (κ2) is 6.93. The van der Waals surface area contributed by atoms with E-state index in [2.05, 4.69) is 10.6 Å². The van der Waals surface area contributed by atoms with E-state index < -0.39 is 17.5 Å². The van der Waals surface area contributed by atoms with Gasteiger partial charge in [-0.05, 0) is 40.3 Å². The van der Waals surface area contributed by atoms with Crippen LogP contribution in [0, 0.1) is 0 Å². The first-order valence-corrected chi connectivity index (χ1v) is 7.42. The smallest absolute Gasteiger partial charge is 0.441 e. The Morgan fingerprint density at radius 3 is 2.58 bits per heavy atom. The number of amides is 1. The number of anilines is 1. The van der Waals surface area contributed by atoms with Crippen LogP contribution in [0.3, 0.4) is 0 Å². The molecule has 0 saturated carbocycles. The molecule has 1 heterocycles. The highest BCUT2D eigenvalue weighted by Crippen LogP contribution is 2.13.